The molecule has 0 radical (unpaired) electrons. The van der Waals surface area contributed by atoms with Crippen molar-refractivity contribution in [1.82, 2.24) is 5.32 Å². The van der Waals surface area contributed by atoms with Crippen LogP contribution < -0.4 is 5.32 Å². The molecule has 0 bridgehead atoms. The monoisotopic (exact) mass is 197 g/mol. The standard InChI is InChI=1S/C13H27N/c1-5-11(6-2)13(4)9-8-12(10-13)14-7-3/h11-12,14H,5-10H2,1-4H3. The molecule has 0 aliphatic heterocycles. The molecule has 1 nitrogen and oxygen atoms in total. The Morgan fingerprint density at radius 2 is 1.93 bits per heavy atom. The van der Waals surface area contributed by atoms with Gasteiger partial charge in [-0.05, 0) is 37.1 Å². The topological polar surface area (TPSA) is 12.0 Å². The molecule has 1 N–H and O–H groups in total. The third-order valence-corrected chi connectivity index (χ3v) is 4.24. The lowest BCUT2D eigenvalue weighted by atomic mass is 9.73. The van der Waals surface area contributed by atoms with Crippen molar-refractivity contribution in [3.63, 3.8) is 0 Å². The van der Waals surface area contributed by atoms with Gasteiger partial charge in [-0.25, -0.2) is 0 Å². The number of hydrogen-bond donors (Lipinski definition) is 1. The van der Waals surface area contributed by atoms with E-state index in [1.54, 1.807) is 0 Å². The van der Waals surface area contributed by atoms with Crippen LogP contribution in [0.3, 0.4) is 0 Å². The van der Waals surface area contributed by atoms with Crippen LogP contribution in [0.25, 0.3) is 0 Å². The molecule has 84 valence electrons. The summed E-state index contributed by atoms with van der Waals surface area (Å²) in [6.07, 6.45) is 6.92. The van der Waals surface area contributed by atoms with Gasteiger partial charge < -0.3 is 5.32 Å². The van der Waals surface area contributed by atoms with Crippen LogP contribution in [0.5, 0.6) is 0 Å². The molecule has 0 aromatic rings. The van der Waals surface area contributed by atoms with E-state index in [1.807, 2.05) is 0 Å². The molecule has 2 atom stereocenters. The highest BCUT2D eigenvalue weighted by molar-refractivity contribution is 4.92. The summed E-state index contributed by atoms with van der Waals surface area (Å²) in [4.78, 5) is 0. The number of hydrogen-bond acceptors (Lipinski definition) is 1. The Kier molecular flexibility index (Phi) is 4.43. The number of nitrogens with one attached hydrogen (secondary N) is 1. The summed E-state index contributed by atoms with van der Waals surface area (Å²) in [5.74, 6) is 0.936. The second-order valence-corrected chi connectivity index (χ2v) is 5.16. The van der Waals surface area contributed by atoms with Crippen molar-refractivity contribution in [2.45, 2.75) is 65.8 Å². The second-order valence-electron chi connectivity index (χ2n) is 5.16. The lowest BCUT2D eigenvalue weighted by molar-refractivity contribution is 0.176. The molecule has 1 aliphatic rings. The van der Waals surface area contributed by atoms with Gasteiger partial charge in [0.15, 0.2) is 0 Å². The largest absolute Gasteiger partial charge is 0.314 e. The van der Waals surface area contributed by atoms with Crippen molar-refractivity contribution in [1.29, 1.82) is 0 Å². The van der Waals surface area contributed by atoms with Crippen molar-refractivity contribution in [2.75, 3.05) is 6.54 Å². The summed E-state index contributed by atoms with van der Waals surface area (Å²) in [5, 5.41) is 3.60. The van der Waals surface area contributed by atoms with E-state index in [4.69, 9.17) is 0 Å². The molecular formula is C13H27N. The molecule has 1 rings (SSSR count). The Balaban J connectivity index is 2.51. The van der Waals surface area contributed by atoms with E-state index in [-0.39, 0.29) is 0 Å². The molecule has 14 heavy (non-hydrogen) atoms. The summed E-state index contributed by atoms with van der Waals surface area (Å²) in [6, 6.07) is 0.797. The van der Waals surface area contributed by atoms with Crippen LogP contribution >= 0.6 is 0 Å². The van der Waals surface area contributed by atoms with Crippen LogP contribution in [0, 0.1) is 11.3 Å². The van der Waals surface area contributed by atoms with Crippen LogP contribution in [-0.2, 0) is 0 Å². The Labute approximate surface area is 89.7 Å². The molecule has 0 saturated heterocycles. The molecule has 1 saturated carbocycles. The van der Waals surface area contributed by atoms with Crippen molar-refractivity contribution >= 4 is 0 Å². The average Bonchev–Trinajstić information content (AvgIpc) is 2.51. The zero-order valence-corrected chi connectivity index (χ0v) is 10.4. The molecule has 2 unspecified atom stereocenters. The first-order valence-electron chi connectivity index (χ1n) is 6.39. The van der Waals surface area contributed by atoms with Crippen LogP contribution in [0.1, 0.15) is 59.8 Å². The van der Waals surface area contributed by atoms with Gasteiger partial charge in [-0.15, -0.1) is 0 Å². The molecule has 0 aromatic heterocycles. The minimum absolute atomic E-state index is 0.621. The zero-order chi connectivity index (χ0) is 10.6. The quantitative estimate of drug-likeness (QED) is 0.710. The molecule has 0 aromatic carbocycles. The highest BCUT2D eigenvalue weighted by Gasteiger charge is 2.39. The van der Waals surface area contributed by atoms with E-state index in [9.17, 15) is 0 Å². The highest BCUT2D eigenvalue weighted by Crippen LogP contribution is 2.46. The fraction of sp³-hybridized carbons (Fsp3) is 1.00. The summed E-state index contributed by atoms with van der Waals surface area (Å²) in [7, 11) is 0. The van der Waals surface area contributed by atoms with E-state index < -0.39 is 0 Å². The number of rotatable bonds is 5. The van der Waals surface area contributed by atoms with E-state index in [2.05, 4.69) is 33.0 Å². The molecule has 1 fully saturated rings. The second kappa shape index (κ2) is 5.16. The van der Waals surface area contributed by atoms with Crippen molar-refractivity contribution in [2.24, 2.45) is 11.3 Å². The average molecular weight is 197 g/mol. The van der Waals surface area contributed by atoms with Gasteiger partial charge in [-0.1, -0.05) is 40.5 Å². The van der Waals surface area contributed by atoms with Gasteiger partial charge in [-0.2, -0.15) is 0 Å². The first-order valence-corrected chi connectivity index (χ1v) is 6.39. The van der Waals surface area contributed by atoms with E-state index in [0.29, 0.717) is 5.41 Å². The first-order chi connectivity index (χ1) is 6.66. The molecule has 0 spiro atoms. The van der Waals surface area contributed by atoms with Gasteiger partial charge in [-0.3, -0.25) is 0 Å². The van der Waals surface area contributed by atoms with Gasteiger partial charge in [0.05, 0.1) is 0 Å². The summed E-state index contributed by atoms with van der Waals surface area (Å²) < 4.78 is 0. The predicted molar refractivity (Wildman–Crippen MR) is 63.5 cm³/mol. The summed E-state index contributed by atoms with van der Waals surface area (Å²) in [6.45, 7) is 10.5. The first kappa shape index (κ1) is 12.0. The van der Waals surface area contributed by atoms with Gasteiger partial charge in [0.25, 0.3) is 0 Å². The van der Waals surface area contributed by atoms with E-state index >= 15 is 0 Å². The molecule has 1 heteroatoms. The van der Waals surface area contributed by atoms with Crippen LogP contribution in [0.15, 0.2) is 0 Å². The Bertz CT molecular complexity index is 163. The Morgan fingerprint density at radius 1 is 1.29 bits per heavy atom. The maximum atomic E-state index is 3.60. The van der Waals surface area contributed by atoms with Crippen molar-refractivity contribution in [3.8, 4) is 0 Å². The van der Waals surface area contributed by atoms with Gasteiger partial charge in [0, 0.05) is 6.04 Å². The molecular weight excluding hydrogens is 170 g/mol. The third-order valence-electron chi connectivity index (χ3n) is 4.24. The van der Waals surface area contributed by atoms with Crippen LogP contribution in [0.4, 0.5) is 0 Å². The van der Waals surface area contributed by atoms with Gasteiger partial charge in [0.2, 0.25) is 0 Å². The lowest BCUT2D eigenvalue weighted by Crippen LogP contribution is -2.30. The zero-order valence-electron chi connectivity index (χ0n) is 10.4. The SMILES string of the molecule is CCNC1CCC(C)(C(CC)CC)C1. The van der Waals surface area contributed by atoms with Crippen molar-refractivity contribution < 1.29 is 0 Å². The maximum Gasteiger partial charge on any atom is 0.00724 e. The van der Waals surface area contributed by atoms with E-state index in [0.717, 1.165) is 18.5 Å². The minimum Gasteiger partial charge on any atom is -0.314 e. The summed E-state index contributed by atoms with van der Waals surface area (Å²) >= 11 is 0. The lowest BCUT2D eigenvalue weighted by Gasteiger charge is -2.33. The van der Waals surface area contributed by atoms with Crippen LogP contribution in [0.2, 0.25) is 0 Å². The maximum absolute atomic E-state index is 3.60. The summed E-state index contributed by atoms with van der Waals surface area (Å²) in [5.41, 5.74) is 0.621. The third kappa shape index (κ3) is 2.50. The highest BCUT2D eigenvalue weighted by atomic mass is 14.9. The molecule has 1 aliphatic carbocycles. The van der Waals surface area contributed by atoms with Gasteiger partial charge >= 0.3 is 0 Å². The van der Waals surface area contributed by atoms with E-state index in [1.165, 1.54) is 32.1 Å². The minimum atomic E-state index is 0.621. The predicted octanol–water partition coefficient (Wildman–Crippen LogP) is 3.59. The van der Waals surface area contributed by atoms with Gasteiger partial charge in [0.1, 0.15) is 0 Å². The molecule has 0 heterocycles. The fourth-order valence-electron chi connectivity index (χ4n) is 3.38. The molecule has 0 amide bonds. The Morgan fingerprint density at radius 3 is 2.43 bits per heavy atom. The van der Waals surface area contributed by atoms with Crippen molar-refractivity contribution in [3.05, 3.63) is 0 Å². The smallest absolute Gasteiger partial charge is 0.00724 e. The normalized spacial score (nSPS) is 32.8. The van der Waals surface area contributed by atoms with Crippen LogP contribution in [-0.4, -0.2) is 12.6 Å². The fourth-order valence-corrected chi connectivity index (χ4v) is 3.38. The Hall–Kier alpha value is -0.0400.